The molecule has 1 aromatic heterocycles. The minimum Gasteiger partial charge on any atom is -0.378 e. The van der Waals surface area contributed by atoms with Crippen LogP contribution in [0.15, 0.2) is 6.33 Å². The second-order valence-corrected chi connectivity index (χ2v) is 6.86. The Hall–Kier alpha value is -1.89. The van der Waals surface area contributed by atoms with Gasteiger partial charge < -0.3 is 19.1 Å². The van der Waals surface area contributed by atoms with Crippen molar-refractivity contribution in [2.24, 2.45) is 5.92 Å². The Bertz CT molecular complexity index is 630. The molecular weight excluding hydrogens is 308 g/mol. The molecule has 0 bridgehead atoms. The van der Waals surface area contributed by atoms with Gasteiger partial charge in [0, 0.05) is 32.7 Å². The fourth-order valence-corrected chi connectivity index (χ4v) is 3.96. The summed E-state index contributed by atoms with van der Waals surface area (Å²) in [6, 6.07) is 0. The van der Waals surface area contributed by atoms with Gasteiger partial charge in [0.05, 0.1) is 31.2 Å². The second-order valence-electron chi connectivity index (χ2n) is 6.86. The Morgan fingerprint density at radius 3 is 2.58 bits per heavy atom. The van der Waals surface area contributed by atoms with E-state index in [4.69, 9.17) is 4.74 Å². The normalized spacial score (nSPS) is 24.1. The SMILES string of the molecule is O=C(c1ncn2c1CCC(C(=O)N1CCCC1)C2)N1CCOCC1. The van der Waals surface area contributed by atoms with E-state index in [1.165, 1.54) is 0 Å². The van der Waals surface area contributed by atoms with Crippen LogP contribution >= 0.6 is 0 Å². The van der Waals surface area contributed by atoms with Gasteiger partial charge in [-0.1, -0.05) is 0 Å². The second kappa shape index (κ2) is 6.55. The van der Waals surface area contributed by atoms with Crippen LogP contribution in [0.5, 0.6) is 0 Å². The predicted octanol–water partition coefficient (Wildman–Crippen LogP) is 0.540. The molecule has 3 aliphatic rings. The van der Waals surface area contributed by atoms with Gasteiger partial charge in [-0.15, -0.1) is 0 Å². The molecular formula is C17H24N4O3. The van der Waals surface area contributed by atoms with E-state index < -0.39 is 0 Å². The highest BCUT2D eigenvalue weighted by molar-refractivity contribution is 5.93. The Balaban J connectivity index is 1.47. The van der Waals surface area contributed by atoms with E-state index in [1.807, 2.05) is 14.4 Å². The summed E-state index contributed by atoms with van der Waals surface area (Å²) in [5.74, 6) is 0.292. The first-order valence-electron chi connectivity index (χ1n) is 8.94. The quantitative estimate of drug-likeness (QED) is 0.793. The van der Waals surface area contributed by atoms with Crippen molar-refractivity contribution in [1.82, 2.24) is 19.4 Å². The van der Waals surface area contributed by atoms with Crippen molar-refractivity contribution in [1.29, 1.82) is 0 Å². The van der Waals surface area contributed by atoms with Crippen LogP contribution < -0.4 is 0 Å². The lowest BCUT2D eigenvalue weighted by atomic mass is 9.95. The average molecular weight is 332 g/mol. The fourth-order valence-electron chi connectivity index (χ4n) is 3.96. The largest absolute Gasteiger partial charge is 0.378 e. The van der Waals surface area contributed by atoms with Gasteiger partial charge in [-0.2, -0.15) is 0 Å². The molecule has 7 heteroatoms. The number of morpholine rings is 1. The number of imidazole rings is 1. The average Bonchev–Trinajstić information content (AvgIpc) is 3.30. The van der Waals surface area contributed by atoms with Gasteiger partial charge in [0.1, 0.15) is 5.69 Å². The Morgan fingerprint density at radius 2 is 1.83 bits per heavy atom. The summed E-state index contributed by atoms with van der Waals surface area (Å²) in [4.78, 5) is 33.5. The van der Waals surface area contributed by atoms with Crippen molar-refractivity contribution in [2.45, 2.75) is 32.2 Å². The number of aromatic nitrogens is 2. The summed E-state index contributed by atoms with van der Waals surface area (Å²) in [5, 5.41) is 0. The first-order valence-corrected chi connectivity index (χ1v) is 8.94. The number of carbonyl (C=O) groups excluding carboxylic acids is 2. The van der Waals surface area contributed by atoms with E-state index >= 15 is 0 Å². The number of fused-ring (bicyclic) bond motifs is 1. The number of nitrogens with zero attached hydrogens (tertiary/aromatic N) is 4. The number of amides is 2. The van der Waals surface area contributed by atoms with Gasteiger partial charge in [-0.3, -0.25) is 9.59 Å². The molecule has 0 aliphatic carbocycles. The molecule has 24 heavy (non-hydrogen) atoms. The third kappa shape index (κ3) is 2.81. The number of hydrogen-bond acceptors (Lipinski definition) is 4. The van der Waals surface area contributed by atoms with E-state index in [0.29, 0.717) is 38.5 Å². The maximum atomic E-state index is 12.7. The molecule has 0 aromatic carbocycles. The lowest BCUT2D eigenvalue weighted by Gasteiger charge is -2.29. The van der Waals surface area contributed by atoms with Crippen molar-refractivity contribution in [3.63, 3.8) is 0 Å². The zero-order chi connectivity index (χ0) is 16.5. The molecule has 130 valence electrons. The molecule has 2 amide bonds. The Morgan fingerprint density at radius 1 is 1.08 bits per heavy atom. The van der Waals surface area contributed by atoms with Crippen LogP contribution in [-0.2, 0) is 22.5 Å². The number of carbonyl (C=O) groups is 2. The first-order chi connectivity index (χ1) is 11.7. The van der Waals surface area contributed by atoms with Gasteiger partial charge in [0.25, 0.3) is 5.91 Å². The minimum absolute atomic E-state index is 0.00336. The highest BCUT2D eigenvalue weighted by Gasteiger charge is 2.33. The molecule has 7 nitrogen and oxygen atoms in total. The lowest BCUT2D eigenvalue weighted by molar-refractivity contribution is -0.135. The maximum absolute atomic E-state index is 12.7. The third-order valence-corrected chi connectivity index (χ3v) is 5.36. The molecule has 0 saturated carbocycles. The van der Waals surface area contributed by atoms with Gasteiger partial charge in [-0.05, 0) is 25.7 Å². The zero-order valence-corrected chi connectivity index (χ0v) is 13.9. The standard InChI is InChI=1S/C17H24N4O3/c22-16(19-5-1-2-6-19)13-3-4-14-15(18-12-21(14)11-13)17(23)20-7-9-24-10-8-20/h12-13H,1-11H2. The fraction of sp³-hybridized carbons (Fsp3) is 0.706. The summed E-state index contributed by atoms with van der Waals surface area (Å²) in [5.41, 5.74) is 1.54. The van der Waals surface area contributed by atoms with Crippen LogP contribution in [0, 0.1) is 5.92 Å². The molecule has 0 spiro atoms. The smallest absolute Gasteiger partial charge is 0.274 e. The number of ether oxygens (including phenoxy) is 1. The molecule has 0 radical (unpaired) electrons. The molecule has 4 rings (SSSR count). The summed E-state index contributed by atoms with van der Waals surface area (Å²) in [7, 11) is 0. The van der Waals surface area contributed by atoms with Crippen LogP contribution in [0.3, 0.4) is 0 Å². The van der Waals surface area contributed by atoms with Crippen LogP contribution in [0.2, 0.25) is 0 Å². The molecule has 2 saturated heterocycles. The topological polar surface area (TPSA) is 67.7 Å². The van der Waals surface area contributed by atoms with Gasteiger partial charge in [0.15, 0.2) is 0 Å². The number of hydrogen-bond donors (Lipinski definition) is 0. The van der Waals surface area contributed by atoms with E-state index in [1.54, 1.807) is 6.33 Å². The molecule has 1 unspecified atom stereocenters. The van der Waals surface area contributed by atoms with Gasteiger partial charge >= 0.3 is 0 Å². The van der Waals surface area contributed by atoms with Crippen molar-refractivity contribution in [2.75, 3.05) is 39.4 Å². The highest BCUT2D eigenvalue weighted by Crippen LogP contribution is 2.26. The van der Waals surface area contributed by atoms with Gasteiger partial charge in [-0.25, -0.2) is 4.98 Å². The van der Waals surface area contributed by atoms with E-state index in [0.717, 1.165) is 44.5 Å². The Kier molecular flexibility index (Phi) is 4.26. The van der Waals surface area contributed by atoms with Crippen molar-refractivity contribution in [3.05, 3.63) is 17.7 Å². The first kappa shape index (κ1) is 15.6. The minimum atomic E-state index is -0.00336. The molecule has 1 aromatic rings. The van der Waals surface area contributed by atoms with Crippen LogP contribution in [0.4, 0.5) is 0 Å². The summed E-state index contributed by atoms with van der Waals surface area (Å²) < 4.78 is 7.32. The Labute approximate surface area is 141 Å². The predicted molar refractivity (Wildman–Crippen MR) is 86.6 cm³/mol. The maximum Gasteiger partial charge on any atom is 0.274 e. The highest BCUT2D eigenvalue weighted by atomic mass is 16.5. The molecule has 4 heterocycles. The van der Waals surface area contributed by atoms with E-state index in [-0.39, 0.29) is 17.7 Å². The number of rotatable bonds is 2. The van der Waals surface area contributed by atoms with Crippen molar-refractivity contribution < 1.29 is 14.3 Å². The molecule has 3 aliphatic heterocycles. The number of likely N-dealkylation sites (tertiary alicyclic amines) is 1. The summed E-state index contributed by atoms with van der Waals surface area (Å²) in [6.45, 7) is 4.87. The van der Waals surface area contributed by atoms with E-state index in [2.05, 4.69) is 4.98 Å². The summed E-state index contributed by atoms with van der Waals surface area (Å²) >= 11 is 0. The van der Waals surface area contributed by atoms with Crippen molar-refractivity contribution >= 4 is 11.8 Å². The molecule has 0 N–H and O–H groups in total. The van der Waals surface area contributed by atoms with E-state index in [9.17, 15) is 9.59 Å². The summed E-state index contributed by atoms with van der Waals surface area (Å²) in [6.07, 6.45) is 5.52. The van der Waals surface area contributed by atoms with Crippen LogP contribution in [0.25, 0.3) is 0 Å². The third-order valence-electron chi connectivity index (χ3n) is 5.36. The van der Waals surface area contributed by atoms with Gasteiger partial charge in [0.2, 0.25) is 5.91 Å². The van der Waals surface area contributed by atoms with Crippen LogP contribution in [0.1, 0.15) is 35.4 Å². The monoisotopic (exact) mass is 332 g/mol. The zero-order valence-electron chi connectivity index (χ0n) is 13.9. The molecule has 1 atom stereocenters. The molecule has 2 fully saturated rings. The lowest BCUT2D eigenvalue weighted by Crippen LogP contribution is -2.41. The van der Waals surface area contributed by atoms with Crippen molar-refractivity contribution in [3.8, 4) is 0 Å². The van der Waals surface area contributed by atoms with Crippen LogP contribution in [-0.4, -0.2) is 70.6 Å².